The van der Waals surface area contributed by atoms with E-state index < -0.39 is 0 Å². The van der Waals surface area contributed by atoms with Crippen LogP contribution in [0, 0.1) is 5.92 Å². The van der Waals surface area contributed by atoms with E-state index in [-0.39, 0.29) is 30.8 Å². The lowest BCUT2D eigenvalue weighted by Crippen LogP contribution is -2.47. The van der Waals surface area contributed by atoms with Gasteiger partial charge in [-0.3, -0.25) is 4.79 Å². The molecule has 1 aliphatic heterocycles. The number of fused-ring (bicyclic) bond motifs is 2. The number of hydrogen-bond acceptors (Lipinski definition) is 3. The maximum atomic E-state index is 11.5. The number of carbonyl (C=O) groups is 1. The van der Waals surface area contributed by atoms with Gasteiger partial charge in [0.1, 0.15) is 6.61 Å². The molecule has 3 atom stereocenters. The molecule has 1 N–H and O–H groups in total. The standard InChI is InChI=1S/C11H19NO3/c1-7(2)15-10-4-8-3-9(10)12(5-8)11(14)6-13/h7-10,13H,3-6H2,1-2H3. The van der Waals surface area contributed by atoms with Gasteiger partial charge in [0.15, 0.2) is 0 Å². The topological polar surface area (TPSA) is 49.8 Å². The lowest BCUT2D eigenvalue weighted by atomic mass is 10.1. The lowest BCUT2D eigenvalue weighted by molar-refractivity contribution is -0.140. The van der Waals surface area contributed by atoms with Crippen LogP contribution in [0.5, 0.6) is 0 Å². The molecule has 2 fully saturated rings. The first-order chi connectivity index (χ1) is 7.11. The Balaban J connectivity index is 1.99. The largest absolute Gasteiger partial charge is 0.387 e. The van der Waals surface area contributed by atoms with Gasteiger partial charge in [0.2, 0.25) is 5.91 Å². The van der Waals surface area contributed by atoms with Gasteiger partial charge in [-0.15, -0.1) is 0 Å². The second-order valence-electron chi connectivity index (χ2n) is 4.83. The Hall–Kier alpha value is -0.610. The molecule has 1 saturated carbocycles. The SMILES string of the molecule is CC(C)OC1CC2CC1N(C(=O)CO)C2. The molecule has 15 heavy (non-hydrogen) atoms. The Morgan fingerprint density at radius 1 is 1.53 bits per heavy atom. The normalized spacial score (nSPS) is 34.1. The smallest absolute Gasteiger partial charge is 0.248 e. The van der Waals surface area contributed by atoms with E-state index in [1.54, 1.807) is 4.90 Å². The molecule has 0 spiro atoms. The molecule has 86 valence electrons. The Morgan fingerprint density at radius 3 is 2.80 bits per heavy atom. The number of ether oxygens (including phenoxy) is 1. The summed E-state index contributed by atoms with van der Waals surface area (Å²) in [5.41, 5.74) is 0. The molecule has 1 amide bonds. The van der Waals surface area contributed by atoms with E-state index in [2.05, 4.69) is 0 Å². The van der Waals surface area contributed by atoms with Crippen molar-refractivity contribution in [3.63, 3.8) is 0 Å². The Labute approximate surface area is 90.2 Å². The zero-order chi connectivity index (χ0) is 11.0. The van der Waals surface area contributed by atoms with Crippen molar-refractivity contribution >= 4 is 5.91 Å². The molecule has 4 heteroatoms. The first-order valence-corrected chi connectivity index (χ1v) is 5.67. The summed E-state index contributed by atoms with van der Waals surface area (Å²) in [6.07, 6.45) is 2.50. The van der Waals surface area contributed by atoms with E-state index in [4.69, 9.17) is 9.84 Å². The molecule has 2 aliphatic rings. The highest BCUT2D eigenvalue weighted by Crippen LogP contribution is 2.39. The first-order valence-electron chi connectivity index (χ1n) is 5.67. The quantitative estimate of drug-likeness (QED) is 0.738. The van der Waals surface area contributed by atoms with Gasteiger partial charge in [0.05, 0.1) is 18.2 Å². The monoisotopic (exact) mass is 213 g/mol. The van der Waals surface area contributed by atoms with Crippen LogP contribution in [0.3, 0.4) is 0 Å². The number of nitrogens with zero attached hydrogens (tertiary/aromatic N) is 1. The van der Waals surface area contributed by atoms with Crippen molar-refractivity contribution in [2.75, 3.05) is 13.2 Å². The highest BCUT2D eigenvalue weighted by atomic mass is 16.5. The van der Waals surface area contributed by atoms with Crippen LogP contribution in [0.1, 0.15) is 26.7 Å². The molecule has 2 rings (SSSR count). The fraction of sp³-hybridized carbons (Fsp3) is 0.909. The van der Waals surface area contributed by atoms with Gasteiger partial charge in [-0.2, -0.15) is 0 Å². The average molecular weight is 213 g/mol. The molecule has 0 radical (unpaired) electrons. The summed E-state index contributed by atoms with van der Waals surface area (Å²) in [6, 6.07) is 0.206. The van der Waals surface area contributed by atoms with Crippen LogP contribution in [0.15, 0.2) is 0 Å². The molecular weight excluding hydrogens is 194 g/mol. The molecule has 1 saturated heterocycles. The van der Waals surface area contributed by atoms with Crippen LogP contribution >= 0.6 is 0 Å². The molecule has 1 heterocycles. The van der Waals surface area contributed by atoms with Crippen LogP contribution < -0.4 is 0 Å². The Kier molecular flexibility index (Phi) is 2.98. The van der Waals surface area contributed by atoms with Crippen LogP contribution in [0.4, 0.5) is 0 Å². The fourth-order valence-electron chi connectivity index (χ4n) is 2.84. The number of likely N-dealkylation sites (tertiary alicyclic amines) is 1. The number of rotatable bonds is 3. The van der Waals surface area contributed by atoms with Crippen LogP contribution in [-0.4, -0.2) is 47.3 Å². The molecule has 3 unspecified atom stereocenters. The maximum Gasteiger partial charge on any atom is 0.248 e. The van der Waals surface area contributed by atoms with Crippen molar-refractivity contribution in [3.05, 3.63) is 0 Å². The number of amides is 1. The highest BCUT2D eigenvalue weighted by molar-refractivity contribution is 5.78. The predicted octanol–water partition coefficient (Wildman–Crippen LogP) is 0.393. The van der Waals surface area contributed by atoms with E-state index in [9.17, 15) is 4.79 Å². The van der Waals surface area contributed by atoms with Gasteiger partial charge in [0, 0.05) is 6.54 Å². The molecule has 1 aliphatic carbocycles. The number of aliphatic hydroxyl groups is 1. The molecule has 4 nitrogen and oxygen atoms in total. The van der Waals surface area contributed by atoms with Crippen molar-refractivity contribution in [1.82, 2.24) is 4.90 Å². The molecule has 2 bridgehead atoms. The van der Waals surface area contributed by atoms with Crippen molar-refractivity contribution in [2.45, 2.75) is 44.9 Å². The maximum absolute atomic E-state index is 11.5. The van der Waals surface area contributed by atoms with E-state index in [1.165, 1.54) is 0 Å². The molecule has 0 aromatic carbocycles. The summed E-state index contributed by atoms with van der Waals surface area (Å²) in [5.74, 6) is 0.425. The van der Waals surface area contributed by atoms with Crippen molar-refractivity contribution in [3.8, 4) is 0 Å². The predicted molar refractivity (Wildman–Crippen MR) is 55.3 cm³/mol. The van der Waals surface area contributed by atoms with E-state index >= 15 is 0 Å². The molecule has 0 aromatic rings. The van der Waals surface area contributed by atoms with Gasteiger partial charge in [-0.05, 0) is 32.6 Å². The first kappa shape index (κ1) is 10.9. The summed E-state index contributed by atoms with van der Waals surface area (Å²) >= 11 is 0. The minimum atomic E-state index is -0.377. The van der Waals surface area contributed by atoms with Crippen molar-refractivity contribution in [2.24, 2.45) is 5.92 Å². The van der Waals surface area contributed by atoms with Crippen molar-refractivity contribution < 1.29 is 14.6 Å². The molecule has 0 aromatic heterocycles. The number of carbonyl (C=O) groups excluding carboxylic acids is 1. The number of hydrogen-bond donors (Lipinski definition) is 1. The Bertz CT molecular complexity index is 254. The van der Waals surface area contributed by atoms with Gasteiger partial charge in [-0.25, -0.2) is 0 Å². The lowest BCUT2D eigenvalue weighted by Gasteiger charge is -2.33. The van der Waals surface area contributed by atoms with Crippen molar-refractivity contribution in [1.29, 1.82) is 0 Å². The number of piperidine rings is 1. The summed E-state index contributed by atoms with van der Waals surface area (Å²) in [4.78, 5) is 13.2. The fourth-order valence-corrected chi connectivity index (χ4v) is 2.84. The summed E-state index contributed by atoms with van der Waals surface area (Å²) < 4.78 is 5.79. The summed E-state index contributed by atoms with van der Waals surface area (Å²) in [5, 5.41) is 8.86. The highest BCUT2D eigenvalue weighted by Gasteiger charge is 2.47. The summed E-state index contributed by atoms with van der Waals surface area (Å²) in [6.45, 7) is 4.47. The average Bonchev–Trinajstić information content (AvgIpc) is 2.74. The van der Waals surface area contributed by atoms with Gasteiger partial charge in [-0.1, -0.05) is 0 Å². The second kappa shape index (κ2) is 4.10. The van der Waals surface area contributed by atoms with Crippen LogP contribution in [0.2, 0.25) is 0 Å². The zero-order valence-corrected chi connectivity index (χ0v) is 9.35. The van der Waals surface area contributed by atoms with Crippen LogP contribution in [-0.2, 0) is 9.53 Å². The minimum absolute atomic E-state index is 0.153. The van der Waals surface area contributed by atoms with Gasteiger partial charge in [0.25, 0.3) is 0 Å². The second-order valence-corrected chi connectivity index (χ2v) is 4.83. The third-order valence-corrected chi connectivity index (χ3v) is 3.33. The third-order valence-electron chi connectivity index (χ3n) is 3.33. The summed E-state index contributed by atoms with van der Waals surface area (Å²) in [7, 11) is 0. The van der Waals surface area contributed by atoms with E-state index in [0.717, 1.165) is 19.4 Å². The van der Waals surface area contributed by atoms with Crippen LogP contribution in [0.25, 0.3) is 0 Å². The number of aliphatic hydroxyl groups excluding tert-OH is 1. The zero-order valence-electron chi connectivity index (χ0n) is 9.35. The van der Waals surface area contributed by atoms with Gasteiger partial charge >= 0.3 is 0 Å². The Morgan fingerprint density at radius 2 is 2.27 bits per heavy atom. The van der Waals surface area contributed by atoms with E-state index in [1.807, 2.05) is 13.8 Å². The molecular formula is C11H19NO3. The minimum Gasteiger partial charge on any atom is -0.387 e. The third kappa shape index (κ3) is 2.01. The van der Waals surface area contributed by atoms with Gasteiger partial charge < -0.3 is 14.7 Å². The van der Waals surface area contributed by atoms with E-state index in [0.29, 0.717) is 5.92 Å².